The standard InChI is InChI=1S/C7H14NO.Po/c1-6-7(9-3)4-5-8(6)2;/h6-7H,1,4-5H2,2-3H3;. The van der Waals surface area contributed by atoms with Crippen LogP contribution in [0.3, 0.4) is 0 Å². The molecule has 10 heavy (non-hydrogen) atoms. The average molecular weight is 337 g/mol. The third-order valence-electron chi connectivity index (χ3n) is 2.24. The Morgan fingerprint density at radius 1 is 1.70 bits per heavy atom. The molecule has 0 spiro atoms. The Hall–Kier alpha value is 0.816. The maximum atomic E-state index is 5.36. The summed E-state index contributed by atoms with van der Waals surface area (Å²) in [5.41, 5.74) is 0. The molecular weight excluding hydrogens is 323 g/mol. The predicted molar refractivity (Wildman–Crippen MR) is 42.4 cm³/mol. The molecule has 1 aliphatic rings. The Morgan fingerprint density at radius 3 is 2.80 bits per heavy atom. The molecule has 0 aromatic heterocycles. The summed E-state index contributed by atoms with van der Waals surface area (Å²) in [7, 11) is 4.01. The number of likely N-dealkylation sites (N-methyl/N-ethyl adjacent to an activating group) is 1. The van der Waals surface area contributed by atoms with Gasteiger partial charge in [-0.15, -0.1) is 0 Å². The zero-order valence-corrected chi connectivity index (χ0v) is 9.71. The van der Waals surface area contributed by atoms with Crippen LogP contribution in [0, 0.1) is 0 Å². The summed E-state index contributed by atoms with van der Waals surface area (Å²) < 4.78 is 6.64. The van der Waals surface area contributed by atoms with Gasteiger partial charge >= 0.3 is 78.1 Å². The molecule has 0 bridgehead atoms. The van der Waals surface area contributed by atoms with Crippen molar-refractivity contribution < 1.29 is 4.74 Å². The molecule has 0 aromatic carbocycles. The maximum absolute atomic E-state index is 5.36. The normalized spacial score (nSPS) is 35.1. The first-order valence-corrected chi connectivity index (χ1v) is 5.85. The van der Waals surface area contributed by atoms with Crippen molar-refractivity contribution in [2.45, 2.75) is 22.6 Å². The van der Waals surface area contributed by atoms with E-state index < -0.39 is 0 Å². The van der Waals surface area contributed by atoms with Gasteiger partial charge in [-0.3, -0.25) is 0 Å². The molecule has 59 valence electrons. The Labute approximate surface area is 78.0 Å². The number of likely N-dealkylation sites (tertiary alicyclic amines) is 1. The van der Waals surface area contributed by atoms with Crippen LogP contribution in [-0.2, 0) is 4.74 Å². The zero-order valence-electron chi connectivity index (χ0n) is 6.54. The summed E-state index contributed by atoms with van der Waals surface area (Å²) in [5.74, 6) is 0. The first-order valence-electron chi connectivity index (χ1n) is 3.60. The molecule has 0 amide bonds. The minimum absolute atomic E-state index is 0.502. The Bertz CT molecular complexity index is 110. The van der Waals surface area contributed by atoms with E-state index >= 15 is 0 Å². The van der Waals surface area contributed by atoms with E-state index in [9.17, 15) is 0 Å². The van der Waals surface area contributed by atoms with Crippen molar-refractivity contribution in [2.75, 3.05) is 20.7 Å². The van der Waals surface area contributed by atoms with E-state index in [1.165, 1.54) is 17.0 Å². The van der Waals surface area contributed by atoms with Crippen molar-refractivity contribution in [1.82, 2.24) is 4.90 Å². The molecule has 1 aliphatic heterocycles. The monoisotopic (exact) mass is 337 g/mol. The van der Waals surface area contributed by atoms with E-state index in [-0.39, 0.29) is 0 Å². The van der Waals surface area contributed by atoms with Gasteiger partial charge in [0.25, 0.3) is 0 Å². The van der Waals surface area contributed by atoms with Gasteiger partial charge in [-0.1, -0.05) is 0 Å². The van der Waals surface area contributed by atoms with E-state index in [2.05, 4.69) is 11.9 Å². The number of methoxy groups -OCH3 is 1. The van der Waals surface area contributed by atoms with Gasteiger partial charge in [-0.2, -0.15) is 0 Å². The molecule has 1 heterocycles. The summed E-state index contributed by atoms with van der Waals surface area (Å²) in [6, 6.07) is 0.694. The van der Waals surface area contributed by atoms with Crippen LogP contribution in [0.2, 0.25) is 4.08 Å². The Morgan fingerprint density at radius 2 is 2.40 bits per heavy atom. The van der Waals surface area contributed by atoms with Crippen molar-refractivity contribution in [3.8, 4) is 0 Å². The van der Waals surface area contributed by atoms with Crippen molar-refractivity contribution in [3.05, 3.63) is 0 Å². The molecule has 0 aromatic rings. The molecular formula is C7H14NOPo. The van der Waals surface area contributed by atoms with Crippen LogP contribution >= 0.6 is 0 Å². The van der Waals surface area contributed by atoms with E-state index in [1.807, 2.05) is 7.11 Å². The summed E-state index contributed by atoms with van der Waals surface area (Å²) in [5, 5.41) is 0. The van der Waals surface area contributed by atoms with Crippen molar-refractivity contribution in [2.24, 2.45) is 0 Å². The number of rotatable bonds is 2. The summed E-state index contributed by atoms with van der Waals surface area (Å²) in [6.45, 7) is 1.20. The zero-order chi connectivity index (χ0) is 7.56. The summed E-state index contributed by atoms with van der Waals surface area (Å²) in [6.07, 6.45) is 1.72. The molecule has 1 radical (unpaired) electrons. The summed E-state index contributed by atoms with van der Waals surface area (Å²) >= 11 is 1.66. The third-order valence-corrected chi connectivity index (χ3v) is 3.56. The SMILES string of the molecule is COC1CCN(C)C1[CH2][Po]. The molecule has 0 aliphatic carbocycles. The molecule has 0 N–H and O–H groups in total. The van der Waals surface area contributed by atoms with Gasteiger partial charge in [0.1, 0.15) is 0 Å². The third kappa shape index (κ3) is 1.70. The fourth-order valence-corrected chi connectivity index (χ4v) is 3.31. The van der Waals surface area contributed by atoms with Gasteiger partial charge in [0.2, 0.25) is 0 Å². The Balaban J connectivity index is 2.45. The van der Waals surface area contributed by atoms with Crippen molar-refractivity contribution in [1.29, 1.82) is 0 Å². The van der Waals surface area contributed by atoms with Crippen molar-refractivity contribution in [3.63, 3.8) is 0 Å². The summed E-state index contributed by atoms with van der Waals surface area (Å²) in [4.78, 5) is 2.40. The molecule has 2 nitrogen and oxygen atoms in total. The van der Waals surface area contributed by atoms with E-state index in [4.69, 9.17) is 4.74 Å². The van der Waals surface area contributed by atoms with Crippen LogP contribution in [0.5, 0.6) is 0 Å². The molecule has 2 unspecified atom stereocenters. The number of ether oxygens (including phenoxy) is 1. The van der Waals surface area contributed by atoms with Gasteiger partial charge in [-0.25, -0.2) is 0 Å². The van der Waals surface area contributed by atoms with Gasteiger partial charge in [0.05, 0.1) is 0 Å². The van der Waals surface area contributed by atoms with Crippen LogP contribution in [0.4, 0.5) is 0 Å². The van der Waals surface area contributed by atoms with Crippen LogP contribution in [0.1, 0.15) is 6.42 Å². The molecule has 1 fully saturated rings. The minimum atomic E-state index is 0.502. The molecule has 2 atom stereocenters. The molecule has 1 saturated heterocycles. The number of hydrogen-bond acceptors (Lipinski definition) is 2. The van der Waals surface area contributed by atoms with Gasteiger partial charge < -0.3 is 0 Å². The van der Waals surface area contributed by atoms with Gasteiger partial charge in [-0.05, 0) is 0 Å². The molecule has 3 heteroatoms. The van der Waals surface area contributed by atoms with E-state index in [0.717, 1.165) is 0 Å². The second-order valence-electron chi connectivity index (χ2n) is 2.78. The molecule has 1 rings (SSSR count). The van der Waals surface area contributed by atoms with Crippen LogP contribution < -0.4 is 0 Å². The first kappa shape index (κ1) is 8.91. The quantitative estimate of drug-likeness (QED) is 0.718. The van der Waals surface area contributed by atoms with Crippen LogP contribution in [0.25, 0.3) is 0 Å². The fraction of sp³-hybridized carbons (Fsp3) is 1.00. The second-order valence-corrected chi connectivity index (χ2v) is 4.07. The number of nitrogens with zero attached hydrogens (tertiary/aromatic N) is 1. The Kier molecular flexibility index (Phi) is 3.56. The first-order chi connectivity index (χ1) is 4.79. The van der Waals surface area contributed by atoms with Crippen LogP contribution in [-0.4, -0.2) is 62.8 Å². The number of hydrogen-bond donors (Lipinski definition) is 0. The van der Waals surface area contributed by atoms with E-state index in [1.54, 1.807) is 25.1 Å². The fourth-order valence-electron chi connectivity index (χ4n) is 1.48. The predicted octanol–water partition coefficient (Wildman–Crippen LogP) is 0.292. The van der Waals surface area contributed by atoms with Gasteiger partial charge in [0, 0.05) is 0 Å². The average Bonchev–Trinajstić information content (AvgIpc) is 2.30. The molecule has 0 saturated carbocycles. The topological polar surface area (TPSA) is 12.5 Å². The second kappa shape index (κ2) is 4.00. The van der Waals surface area contributed by atoms with E-state index in [0.29, 0.717) is 12.1 Å². The van der Waals surface area contributed by atoms with Crippen molar-refractivity contribution >= 4 is 25.1 Å². The van der Waals surface area contributed by atoms with Gasteiger partial charge in [0.15, 0.2) is 0 Å². The van der Waals surface area contributed by atoms with Crippen LogP contribution in [0.15, 0.2) is 0 Å².